The zero-order valence-corrected chi connectivity index (χ0v) is 17.4. The Hall–Kier alpha value is -2.00. The molecule has 0 saturated heterocycles. The summed E-state index contributed by atoms with van der Waals surface area (Å²) >= 11 is 4.49. The summed E-state index contributed by atoms with van der Waals surface area (Å²) in [5.74, 6) is 0.829. The van der Waals surface area contributed by atoms with Crippen LogP contribution in [0.15, 0.2) is 74.7 Å². The summed E-state index contributed by atoms with van der Waals surface area (Å²) in [6, 6.07) is 21.1. The molecular weight excluding hydrogens is 446 g/mol. The quantitative estimate of drug-likeness (QED) is 0.459. The molecular formula is C19H16BrN3O2S2. The van der Waals surface area contributed by atoms with E-state index in [4.69, 9.17) is 4.98 Å². The highest BCUT2D eigenvalue weighted by molar-refractivity contribution is 9.11. The molecule has 0 unspecified atom stereocenters. The maximum Gasteiger partial charge on any atom is 0.250 e. The molecule has 0 bridgehead atoms. The van der Waals surface area contributed by atoms with E-state index in [0.717, 1.165) is 26.2 Å². The number of fused-ring (bicyclic) bond motifs is 1. The minimum Gasteiger partial charge on any atom is -0.323 e. The smallest absolute Gasteiger partial charge is 0.250 e. The van der Waals surface area contributed by atoms with Crippen molar-refractivity contribution in [3.63, 3.8) is 0 Å². The third-order valence-corrected chi connectivity index (χ3v) is 7.70. The number of halogens is 1. The van der Waals surface area contributed by atoms with Gasteiger partial charge in [-0.2, -0.15) is 0 Å². The van der Waals surface area contributed by atoms with Gasteiger partial charge in [0.2, 0.25) is 10.0 Å². The number of sulfonamides is 1. The monoisotopic (exact) mass is 461 g/mol. The summed E-state index contributed by atoms with van der Waals surface area (Å²) in [7, 11) is -3.52. The number of imidazole rings is 1. The zero-order valence-electron chi connectivity index (χ0n) is 14.2. The Kier molecular flexibility index (Phi) is 5.14. The highest BCUT2D eigenvalue weighted by Gasteiger charge is 2.17. The first-order valence-corrected chi connectivity index (χ1v) is 11.4. The lowest BCUT2D eigenvalue weighted by Crippen LogP contribution is -2.27. The van der Waals surface area contributed by atoms with Gasteiger partial charge in [-0.3, -0.25) is 0 Å². The Morgan fingerprint density at radius 1 is 1.00 bits per heavy atom. The summed E-state index contributed by atoms with van der Waals surface area (Å²) in [5.41, 5.74) is 2.87. The van der Waals surface area contributed by atoms with Crippen LogP contribution < -0.4 is 4.72 Å². The Labute approximate surface area is 169 Å². The number of thiophene rings is 1. The SMILES string of the molecule is O=S(=O)(NCCn1c(-c2ccccc2)nc2ccccc21)c1ccc(Br)s1. The summed E-state index contributed by atoms with van der Waals surface area (Å²) in [5, 5.41) is 0. The highest BCUT2D eigenvalue weighted by Crippen LogP contribution is 2.26. The van der Waals surface area contributed by atoms with Gasteiger partial charge in [0.15, 0.2) is 0 Å². The minimum absolute atomic E-state index is 0.276. The topological polar surface area (TPSA) is 64.0 Å². The van der Waals surface area contributed by atoms with E-state index in [0.29, 0.717) is 10.8 Å². The Bertz CT molecular complexity index is 1180. The van der Waals surface area contributed by atoms with Crippen LogP contribution >= 0.6 is 27.3 Å². The normalized spacial score (nSPS) is 11.9. The molecule has 8 heteroatoms. The molecule has 1 N–H and O–H groups in total. The van der Waals surface area contributed by atoms with Crippen molar-refractivity contribution in [3.8, 4) is 11.4 Å². The predicted molar refractivity (Wildman–Crippen MR) is 112 cm³/mol. The molecule has 4 rings (SSSR count). The molecule has 27 heavy (non-hydrogen) atoms. The zero-order chi connectivity index (χ0) is 18.9. The molecule has 5 nitrogen and oxygen atoms in total. The van der Waals surface area contributed by atoms with E-state index in [1.165, 1.54) is 11.3 Å². The van der Waals surface area contributed by atoms with E-state index in [9.17, 15) is 8.42 Å². The maximum atomic E-state index is 12.4. The molecule has 0 fully saturated rings. The van der Waals surface area contributed by atoms with E-state index in [-0.39, 0.29) is 6.54 Å². The third kappa shape index (κ3) is 3.84. The van der Waals surface area contributed by atoms with Crippen molar-refractivity contribution in [2.24, 2.45) is 0 Å². The Morgan fingerprint density at radius 3 is 2.48 bits per heavy atom. The van der Waals surface area contributed by atoms with Gasteiger partial charge in [-0.1, -0.05) is 42.5 Å². The first kappa shape index (κ1) is 18.4. The molecule has 0 aliphatic rings. The van der Waals surface area contributed by atoms with Gasteiger partial charge in [-0.15, -0.1) is 11.3 Å². The average molecular weight is 462 g/mol. The first-order chi connectivity index (χ1) is 13.0. The van der Waals surface area contributed by atoms with Gasteiger partial charge < -0.3 is 4.57 Å². The van der Waals surface area contributed by atoms with Crippen molar-refractivity contribution >= 4 is 48.3 Å². The minimum atomic E-state index is -3.52. The van der Waals surface area contributed by atoms with Crippen molar-refractivity contribution in [3.05, 3.63) is 70.5 Å². The van der Waals surface area contributed by atoms with Crippen molar-refractivity contribution < 1.29 is 8.42 Å². The van der Waals surface area contributed by atoms with Gasteiger partial charge >= 0.3 is 0 Å². The van der Waals surface area contributed by atoms with Crippen molar-refractivity contribution in [2.45, 2.75) is 10.8 Å². The van der Waals surface area contributed by atoms with Gasteiger partial charge in [0.1, 0.15) is 10.0 Å². The van der Waals surface area contributed by atoms with Crippen molar-refractivity contribution in [2.75, 3.05) is 6.54 Å². The number of nitrogens with one attached hydrogen (secondary N) is 1. The van der Waals surface area contributed by atoms with Crippen molar-refractivity contribution in [1.29, 1.82) is 0 Å². The molecule has 0 spiro atoms. The van der Waals surface area contributed by atoms with Crippen LogP contribution in [0.5, 0.6) is 0 Å². The van der Waals surface area contributed by atoms with Crippen LogP contribution in [-0.2, 0) is 16.6 Å². The van der Waals surface area contributed by atoms with Crippen molar-refractivity contribution in [1.82, 2.24) is 14.3 Å². The molecule has 0 amide bonds. The molecule has 2 heterocycles. The highest BCUT2D eigenvalue weighted by atomic mass is 79.9. The maximum absolute atomic E-state index is 12.4. The predicted octanol–water partition coefficient (Wildman–Crippen LogP) is 4.51. The number of hydrogen-bond acceptors (Lipinski definition) is 4. The summed E-state index contributed by atoms with van der Waals surface area (Å²) in [4.78, 5) is 4.74. The second-order valence-corrected chi connectivity index (χ2v) is 10.4. The lowest BCUT2D eigenvalue weighted by Gasteiger charge is -2.10. The Morgan fingerprint density at radius 2 is 1.74 bits per heavy atom. The molecule has 2 aromatic carbocycles. The van der Waals surface area contributed by atoms with Gasteiger partial charge in [0.05, 0.1) is 14.8 Å². The van der Waals surface area contributed by atoms with E-state index in [1.807, 2.05) is 54.6 Å². The van der Waals surface area contributed by atoms with E-state index < -0.39 is 10.0 Å². The molecule has 0 radical (unpaired) electrons. The average Bonchev–Trinajstić information content (AvgIpc) is 3.27. The Balaban J connectivity index is 1.62. The number of nitrogens with zero attached hydrogens (tertiary/aromatic N) is 2. The molecule has 4 aromatic rings. The first-order valence-electron chi connectivity index (χ1n) is 8.30. The second-order valence-electron chi connectivity index (χ2n) is 5.90. The number of benzene rings is 2. The molecule has 0 aliphatic heterocycles. The van der Waals surface area contributed by atoms with Gasteiger partial charge in [-0.05, 0) is 40.2 Å². The lowest BCUT2D eigenvalue weighted by atomic mass is 10.2. The van der Waals surface area contributed by atoms with Gasteiger partial charge in [0.25, 0.3) is 0 Å². The van der Waals surface area contributed by atoms with Crippen LogP contribution in [0.4, 0.5) is 0 Å². The second kappa shape index (κ2) is 7.55. The van der Waals surface area contributed by atoms with E-state index in [1.54, 1.807) is 12.1 Å². The van der Waals surface area contributed by atoms with Gasteiger partial charge in [-0.25, -0.2) is 18.1 Å². The molecule has 0 atom stereocenters. The fourth-order valence-corrected chi connectivity index (χ4v) is 5.99. The van der Waals surface area contributed by atoms with Crippen LogP contribution in [0.1, 0.15) is 0 Å². The number of para-hydroxylation sites is 2. The van der Waals surface area contributed by atoms with Gasteiger partial charge in [0, 0.05) is 18.7 Å². The van der Waals surface area contributed by atoms with Crippen LogP contribution in [0.25, 0.3) is 22.4 Å². The third-order valence-electron chi connectivity index (χ3n) is 4.13. The molecule has 0 aliphatic carbocycles. The fourth-order valence-electron chi connectivity index (χ4n) is 2.91. The molecule has 138 valence electrons. The largest absolute Gasteiger partial charge is 0.323 e. The van der Waals surface area contributed by atoms with Crippen LogP contribution in [0, 0.1) is 0 Å². The van der Waals surface area contributed by atoms with Crippen LogP contribution in [0.3, 0.4) is 0 Å². The standard InChI is InChI=1S/C19H16BrN3O2S2/c20-17-10-11-18(26-17)27(24,25)21-12-13-23-16-9-5-4-8-15(16)22-19(23)14-6-2-1-3-7-14/h1-11,21H,12-13H2. The number of aromatic nitrogens is 2. The van der Waals surface area contributed by atoms with E-state index in [2.05, 4.69) is 25.2 Å². The van der Waals surface area contributed by atoms with E-state index >= 15 is 0 Å². The summed E-state index contributed by atoms with van der Waals surface area (Å²) < 4.78 is 30.7. The van der Waals surface area contributed by atoms with Crippen LogP contribution in [-0.4, -0.2) is 24.5 Å². The molecule has 2 aromatic heterocycles. The summed E-state index contributed by atoms with van der Waals surface area (Å²) in [6.07, 6.45) is 0. The number of hydrogen-bond donors (Lipinski definition) is 1. The fraction of sp³-hybridized carbons (Fsp3) is 0.105. The van der Waals surface area contributed by atoms with Crippen LogP contribution in [0.2, 0.25) is 0 Å². The molecule has 0 saturated carbocycles. The summed E-state index contributed by atoms with van der Waals surface area (Å²) in [6.45, 7) is 0.758. The lowest BCUT2D eigenvalue weighted by molar-refractivity contribution is 0.577. The number of rotatable bonds is 6.